The molecule has 7 nitrogen and oxygen atoms in total. The summed E-state index contributed by atoms with van der Waals surface area (Å²) >= 11 is 0. The molecule has 1 aromatic heterocycles. The summed E-state index contributed by atoms with van der Waals surface area (Å²) in [6, 6.07) is 48.1. The molecule has 0 radical (unpaired) electrons. The minimum Gasteiger partial charge on any atom is -0.445 e. The fourth-order valence-corrected chi connectivity index (χ4v) is 8.40. The smallest absolute Gasteiger partial charge is 0.410 e. The highest BCUT2D eigenvalue weighted by molar-refractivity contribution is 6.02. The van der Waals surface area contributed by atoms with E-state index in [4.69, 9.17) is 9.84 Å². The lowest BCUT2D eigenvalue weighted by atomic mass is 9.77. The van der Waals surface area contributed by atoms with Crippen LogP contribution in [0.3, 0.4) is 0 Å². The molecule has 3 aliphatic rings. The minimum atomic E-state index is -0.730. The van der Waals surface area contributed by atoms with E-state index in [0.717, 1.165) is 57.4 Å². The van der Waals surface area contributed by atoms with Crippen molar-refractivity contribution in [2.24, 2.45) is 5.41 Å². The number of rotatable bonds is 8. The maximum absolute atomic E-state index is 14.3. The van der Waals surface area contributed by atoms with Crippen molar-refractivity contribution in [1.29, 1.82) is 0 Å². The van der Waals surface area contributed by atoms with E-state index in [0.29, 0.717) is 38.4 Å². The lowest BCUT2D eigenvalue weighted by molar-refractivity contribution is -0.124. The van der Waals surface area contributed by atoms with Gasteiger partial charge in [-0.1, -0.05) is 121 Å². The van der Waals surface area contributed by atoms with Gasteiger partial charge in [-0.3, -0.25) is 4.79 Å². The Bertz CT molecular complexity index is 2100. The number of aromatic nitrogens is 2. The SMILES string of the molecule is O=C(OCc1ccccc1)N1CCC2(CCN(c3ccc4c(c3)c(C3CC3)nn4C(c3ccccc3)(c3ccccc3)c3ccccc3)C2=O)C1. The third kappa shape index (κ3) is 5.30. The molecule has 1 atom stereocenters. The zero-order chi connectivity index (χ0) is 34.4. The molecule has 254 valence electrons. The molecule has 2 amide bonds. The molecule has 3 fully saturated rings. The predicted molar refractivity (Wildman–Crippen MR) is 199 cm³/mol. The number of nitrogens with zero attached hydrogens (tertiary/aromatic N) is 4. The minimum absolute atomic E-state index is 0.0905. The van der Waals surface area contributed by atoms with E-state index in [9.17, 15) is 9.59 Å². The summed E-state index contributed by atoms with van der Waals surface area (Å²) in [6.45, 7) is 1.75. The number of hydrogen-bond donors (Lipinski definition) is 0. The van der Waals surface area contributed by atoms with Crippen LogP contribution in [0.15, 0.2) is 140 Å². The molecule has 7 heteroatoms. The van der Waals surface area contributed by atoms with E-state index in [1.54, 1.807) is 4.90 Å². The number of hydrogen-bond acceptors (Lipinski definition) is 4. The molecule has 9 rings (SSSR count). The highest BCUT2D eigenvalue weighted by atomic mass is 16.6. The summed E-state index contributed by atoms with van der Waals surface area (Å²) in [4.78, 5) is 31.0. The van der Waals surface area contributed by atoms with E-state index in [2.05, 4.69) is 114 Å². The van der Waals surface area contributed by atoms with Crippen LogP contribution in [0.5, 0.6) is 0 Å². The van der Waals surface area contributed by atoms with Crippen LogP contribution in [0.2, 0.25) is 0 Å². The fraction of sp³-hybridized carbons (Fsp3) is 0.250. The molecular weight excluding hydrogens is 633 g/mol. The van der Waals surface area contributed by atoms with Crippen LogP contribution in [0, 0.1) is 5.41 Å². The molecule has 0 bridgehead atoms. The van der Waals surface area contributed by atoms with Gasteiger partial charge in [-0.05, 0) is 66.1 Å². The van der Waals surface area contributed by atoms with Gasteiger partial charge < -0.3 is 14.5 Å². The number of benzene rings is 5. The van der Waals surface area contributed by atoms with Gasteiger partial charge in [0.15, 0.2) is 0 Å². The number of carbonyl (C=O) groups excluding carboxylic acids is 2. The standard InChI is InChI=1S/C44H40N4O3/c49-41-43(25-27-46(31-43)42(50)51-30-32-13-5-1-6-14-32)26-28-47(41)37-23-24-39-38(29-37)40(33-21-22-33)45-48(39)44(34-15-7-2-8-16-34,35-17-9-3-10-18-35)36-19-11-4-12-20-36/h1-20,23-24,29,33H,21-22,25-28,30-31H2. The Morgan fingerprint density at radius 1 is 0.745 bits per heavy atom. The van der Waals surface area contributed by atoms with Crippen molar-refractivity contribution in [2.45, 2.75) is 43.7 Å². The second-order valence-corrected chi connectivity index (χ2v) is 14.3. The van der Waals surface area contributed by atoms with Gasteiger partial charge in [0.1, 0.15) is 12.1 Å². The van der Waals surface area contributed by atoms with Crippen LogP contribution in [-0.4, -0.2) is 46.3 Å². The van der Waals surface area contributed by atoms with Crippen LogP contribution in [0.4, 0.5) is 10.5 Å². The van der Waals surface area contributed by atoms with E-state index in [1.165, 1.54) is 0 Å². The fourth-order valence-electron chi connectivity index (χ4n) is 8.40. The normalized spacial score (nSPS) is 18.9. The third-order valence-electron chi connectivity index (χ3n) is 11.2. The number of fused-ring (bicyclic) bond motifs is 1. The molecule has 2 saturated heterocycles. The number of likely N-dealkylation sites (tertiary alicyclic amines) is 1. The first-order chi connectivity index (χ1) is 25.1. The molecule has 51 heavy (non-hydrogen) atoms. The molecule has 0 N–H and O–H groups in total. The van der Waals surface area contributed by atoms with Crippen LogP contribution in [0.1, 0.15) is 59.5 Å². The summed E-state index contributed by atoms with van der Waals surface area (Å²) in [6.07, 6.45) is 3.20. The highest BCUT2D eigenvalue weighted by Gasteiger charge is 2.52. The van der Waals surface area contributed by atoms with Crippen molar-refractivity contribution in [2.75, 3.05) is 24.5 Å². The number of anilines is 1. The Morgan fingerprint density at radius 2 is 1.31 bits per heavy atom. The largest absolute Gasteiger partial charge is 0.445 e. The molecule has 3 heterocycles. The van der Waals surface area contributed by atoms with Crippen LogP contribution in [-0.2, 0) is 21.7 Å². The Balaban J connectivity index is 1.08. The van der Waals surface area contributed by atoms with Gasteiger partial charge in [-0.25, -0.2) is 9.48 Å². The molecule has 2 aliphatic heterocycles. The lowest BCUT2D eigenvalue weighted by Gasteiger charge is -2.37. The number of ether oxygens (including phenoxy) is 1. The van der Waals surface area contributed by atoms with Crippen LogP contribution >= 0.6 is 0 Å². The molecule has 1 aliphatic carbocycles. The summed E-state index contributed by atoms with van der Waals surface area (Å²) in [5.74, 6) is 0.475. The zero-order valence-corrected chi connectivity index (χ0v) is 28.5. The van der Waals surface area contributed by atoms with E-state index in [1.807, 2.05) is 35.2 Å². The topological polar surface area (TPSA) is 67.7 Å². The third-order valence-corrected chi connectivity index (χ3v) is 11.2. The van der Waals surface area contributed by atoms with Crippen molar-refractivity contribution >= 4 is 28.6 Å². The van der Waals surface area contributed by atoms with E-state index < -0.39 is 11.0 Å². The average Bonchev–Trinajstić information content (AvgIpc) is 3.71. The Kier molecular flexibility index (Phi) is 7.72. The van der Waals surface area contributed by atoms with Crippen molar-refractivity contribution in [1.82, 2.24) is 14.7 Å². The molecule has 1 unspecified atom stereocenters. The van der Waals surface area contributed by atoms with Crippen LogP contribution in [0.25, 0.3) is 10.9 Å². The molecule has 6 aromatic rings. The Labute approximate surface area is 298 Å². The summed E-state index contributed by atoms with van der Waals surface area (Å²) < 4.78 is 7.87. The van der Waals surface area contributed by atoms with E-state index >= 15 is 0 Å². The number of amides is 2. The predicted octanol–water partition coefficient (Wildman–Crippen LogP) is 8.52. The van der Waals surface area contributed by atoms with Gasteiger partial charge in [0, 0.05) is 36.6 Å². The summed E-state index contributed by atoms with van der Waals surface area (Å²) in [7, 11) is 0. The van der Waals surface area contributed by atoms with Gasteiger partial charge >= 0.3 is 6.09 Å². The summed E-state index contributed by atoms with van der Waals surface area (Å²) in [5.41, 5.74) is 6.02. The van der Waals surface area contributed by atoms with Crippen molar-refractivity contribution in [3.05, 3.63) is 167 Å². The van der Waals surface area contributed by atoms with Crippen molar-refractivity contribution in [3.8, 4) is 0 Å². The van der Waals surface area contributed by atoms with Gasteiger partial charge in [-0.2, -0.15) is 5.10 Å². The first-order valence-corrected chi connectivity index (χ1v) is 18.0. The quantitative estimate of drug-likeness (QED) is 0.152. The second-order valence-electron chi connectivity index (χ2n) is 14.3. The average molecular weight is 673 g/mol. The van der Waals surface area contributed by atoms with Gasteiger partial charge in [0.2, 0.25) is 5.91 Å². The summed E-state index contributed by atoms with van der Waals surface area (Å²) in [5, 5.41) is 6.63. The monoisotopic (exact) mass is 672 g/mol. The lowest BCUT2D eigenvalue weighted by Crippen LogP contribution is -2.39. The maximum atomic E-state index is 14.3. The molecule has 5 aromatic carbocycles. The molecule has 1 spiro atoms. The zero-order valence-electron chi connectivity index (χ0n) is 28.5. The number of carbonyl (C=O) groups is 2. The van der Waals surface area contributed by atoms with E-state index in [-0.39, 0.29) is 18.6 Å². The maximum Gasteiger partial charge on any atom is 0.410 e. The first-order valence-electron chi connectivity index (χ1n) is 18.0. The first kappa shape index (κ1) is 31.3. The van der Waals surface area contributed by atoms with Gasteiger partial charge in [-0.15, -0.1) is 0 Å². The highest BCUT2D eigenvalue weighted by Crippen LogP contribution is 2.49. The van der Waals surface area contributed by atoms with Crippen LogP contribution < -0.4 is 4.90 Å². The van der Waals surface area contributed by atoms with Gasteiger partial charge in [0.25, 0.3) is 0 Å². The molecule has 1 saturated carbocycles. The molecular formula is C44H40N4O3. The Morgan fingerprint density at radius 3 is 1.90 bits per heavy atom. The second kappa shape index (κ2) is 12.6. The van der Waals surface area contributed by atoms with Crippen molar-refractivity contribution in [3.63, 3.8) is 0 Å². The van der Waals surface area contributed by atoms with Gasteiger partial charge in [0.05, 0.1) is 16.6 Å². The van der Waals surface area contributed by atoms with Crippen molar-refractivity contribution < 1.29 is 14.3 Å². The Hall–Kier alpha value is -5.69.